The van der Waals surface area contributed by atoms with Gasteiger partial charge in [0, 0.05) is 30.5 Å². The Balaban J connectivity index is 1.58. The Hall–Kier alpha value is -2.47. The quantitative estimate of drug-likeness (QED) is 0.738. The molecule has 0 unspecified atom stereocenters. The highest BCUT2D eigenvalue weighted by atomic mass is 16.5. The van der Waals surface area contributed by atoms with Gasteiger partial charge in [-0.2, -0.15) is 10.1 Å². The van der Waals surface area contributed by atoms with Crippen molar-refractivity contribution in [3.8, 4) is 17.1 Å². The fourth-order valence-electron chi connectivity index (χ4n) is 2.43. The summed E-state index contributed by atoms with van der Waals surface area (Å²) in [5, 5.41) is 8.26. The highest BCUT2D eigenvalue weighted by Gasteiger charge is 2.23. The van der Waals surface area contributed by atoms with Crippen LogP contribution >= 0.6 is 0 Å². The van der Waals surface area contributed by atoms with Gasteiger partial charge in [-0.05, 0) is 36.8 Å². The van der Waals surface area contributed by atoms with Gasteiger partial charge in [0.1, 0.15) is 0 Å². The lowest BCUT2D eigenvalue weighted by Crippen LogP contribution is -1.99. The molecule has 1 atom stereocenters. The third kappa shape index (κ3) is 2.34. The van der Waals surface area contributed by atoms with Crippen molar-refractivity contribution in [1.82, 2.24) is 19.9 Å². The minimum absolute atomic E-state index is 0.255. The molecule has 21 heavy (non-hydrogen) atoms. The van der Waals surface area contributed by atoms with E-state index in [1.165, 1.54) is 0 Å². The Morgan fingerprint density at radius 3 is 2.81 bits per heavy atom. The van der Waals surface area contributed by atoms with E-state index >= 15 is 0 Å². The summed E-state index contributed by atoms with van der Waals surface area (Å²) in [5.74, 6) is 1.54. The molecular weight excluding hydrogens is 268 g/mol. The molecule has 0 radical (unpaired) electrons. The fourth-order valence-corrected chi connectivity index (χ4v) is 2.43. The van der Waals surface area contributed by atoms with Crippen LogP contribution in [0, 0.1) is 0 Å². The van der Waals surface area contributed by atoms with Crippen LogP contribution in [0.25, 0.3) is 17.1 Å². The fraction of sp³-hybridized carbons (Fsp3) is 0.267. The van der Waals surface area contributed by atoms with Crippen molar-refractivity contribution in [2.45, 2.75) is 12.3 Å². The Morgan fingerprint density at radius 1 is 1.19 bits per heavy atom. The molecule has 4 rings (SSSR count). The Kier molecular flexibility index (Phi) is 3.01. The van der Waals surface area contributed by atoms with Crippen LogP contribution in [-0.2, 0) is 4.74 Å². The van der Waals surface area contributed by atoms with E-state index in [0.717, 1.165) is 30.1 Å². The van der Waals surface area contributed by atoms with E-state index in [1.54, 1.807) is 10.9 Å². The molecule has 3 aromatic rings. The van der Waals surface area contributed by atoms with Gasteiger partial charge in [-0.1, -0.05) is 5.16 Å². The molecular formula is C15H14N4O2. The molecule has 0 spiro atoms. The molecule has 0 bridgehead atoms. The van der Waals surface area contributed by atoms with Gasteiger partial charge in [-0.25, -0.2) is 4.68 Å². The van der Waals surface area contributed by atoms with E-state index in [-0.39, 0.29) is 5.92 Å². The van der Waals surface area contributed by atoms with Crippen LogP contribution in [0.2, 0.25) is 0 Å². The van der Waals surface area contributed by atoms with Crippen molar-refractivity contribution in [1.29, 1.82) is 0 Å². The van der Waals surface area contributed by atoms with E-state index in [9.17, 15) is 0 Å². The molecule has 1 aliphatic rings. The third-order valence-corrected chi connectivity index (χ3v) is 3.62. The second-order valence-electron chi connectivity index (χ2n) is 5.02. The third-order valence-electron chi connectivity index (χ3n) is 3.62. The highest BCUT2D eigenvalue weighted by molar-refractivity contribution is 5.55. The lowest BCUT2D eigenvalue weighted by Gasteiger charge is -2.01. The molecule has 3 heterocycles. The maximum atomic E-state index is 5.35. The van der Waals surface area contributed by atoms with Gasteiger partial charge in [0.15, 0.2) is 5.82 Å². The maximum absolute atomic E-state index is 5.35. The number of hydrogen-bond acceptors (Lipinski definition) is 5. The number of nitrogens with zero attached hydrogens (tertiary/aromatic N) is 4. The molecule has 6 heteroatoms. The summed E-state index contributed by atoms with van der Waals surface area (Å²) in [6.45, 7) is 1.45. The van der Waals surface area contributed by atoms with Crippen molar-refractivity contribution in [3.05, 3.63) is 48.5 Å². The lowest BCUT2D eigenvalue weighted by molar-refractivity contribution is 0.192. The number of benzene rings is 1. The van der Waals surface area contributed by atoms with Gasteiger partial charge in [0.2, 0.25) is 0 Å². The summed E-state index contributed by atoms with van der Waals surface area (Å²) < 4.78 is 12.5. The van der Waals surface area contributed by atoms with Crippen LogP contribution in [0.4, 0.5) is 0 Å². The average molecular weight is 282 g/mol. The van der Waals surface area contributed by atoms with E-state index in [2.05, 4.69) is 15.2 Å². The van der Waals surface area contributed by atoms with Crippen molar-refractivity contribution >= 4 is 0 Å². The van der Waals surface area contributed by atoms with Gasteiger partial charge in [0.05, 0.1) is 12.3 Å². The summed E-state index contributed by atoms with van der Waals surface area (Å²) in [6.07, 6.45) is 4.61. The zero-order valence-corrected chi connectivity index (χ0v) is 11.3. The zero-order valence-electron chi connectivity index (χ0n) is 11.3. The molecule has 0 aliphatic carbocycles. The van der Waals surface area contributed by atoms with Crippen molar-refractivity contribution in [2.75, 3.05) is 13.2 Å². The Labute approximate surface area is 121 Å². The van der Waals surface area contributed by atoms with E-state index in [0.29, 0.717) is 12.5 Å². The minimum Gasteiger partial charge on any atom is -0.381 e. The minimum atomic E-state index is 0.255. The molecule has 0 N–H and O–H groups in total. The van der Waals surface area contributed by atoms with Crippen molar-refractivity contribution in [2.24, 2.45) is 0 Å². The summed E-state index contributed by atoms with van der Waals surface area (Å²) in [5.41, 5.74) is 1.90. The Bertz CT molecular complexity index is 712. The van der Waals surface area contributed by atoms with Gasteiger partial charge in [-0.15, -0.1) is 0 Å². The van der Waals surface area contributed by atoms with Gasteiger partial charge in [0.25, 0.3) is 5.89 Å². The SMILES string of the molecule is c1cnn(-c2ccc(-c3nc([C@@H]4CCOC4)no3)cc2)c1. The van der Waals surface area contributed by atoms with Crippen LogP contribution in [0.1, 0.15) is 18.2 Å². The van der Waals surface area contributed by atoms with E-state index in [1.807, 2.05) is 36.5 Å². The van der Waals surface area contributed by atoms with E-state index < -0.39 is 0 Å². The molecule has 106 valence electrons. The first-order valence-corrected chi connectivity index (χ1v) is 6.92. The number of aromatic nitrogens is 4. The molecule has 2 aromatic heterocycles. The first kappa shape index (κ1) is 12.3. The Morgan fingerprint density at radius 2 is 2.10 bits per heavy atom. The summed E-state index contributed by atoms with van der Waals surface area (Å²) >= 11 is 0. The topological polar surface area (TPSA) is 66.0 Å². The number of rotatable bonds is 3. The average Bonchev–Trinajstić information content (AvgIpc) is 3.27. The van der Waals surface area contributed by atoms with Gasteiger partial charge < -0.3 is 9.26 Å². The first-order chi connectivity index (χ1) is 10.4. The van der Waals surface area contributed by atoms with Crippen LogP contribution in [-0.4, -0.2) is 33.1 Å². The second-order valence-corrected chi connectivity index (χ2v) is 5.02. The van der Waals surface area contributed by atoms with Gasteiger partial charge in [-0.3, -0.25) is 0 Å². The summed E-state index contributed by atoms with van der Waals surface area (Å²) in [4.78, 5) is 4.47. The van der Waals surface area contributed by atoms with Crippen LogP contribution < -0.4 is 0 Å². The molecule has 1 aromatic carbocycles. The standard InChI is InChI=1S/C15H14N4O2/c1-7-16-19(8-1)13-4-2-11(3-5-13)15-17-14(18-21-15)12-6-9-20-10-12/h1-5,7-8,12H,6,9-10H2/t12-/m1/s1. The van der Waals surface area contributed by atoms with Crippen LogP contribution in [0.5, 0.6) is 0 Å². The summed E-state index contributed by atoms with van der Waals surface area (Å²) in [6, 6.07) is 9.76. The van der Waals surface area contributed by atoms with Crippen molar-refractivity contribution in [3.63, 3.8) is 0 Å². The highest BCUT2D eigenvalue weighted by Crippen LogP contribution is 2.26. The molecule has 0 saturated carbocycles. The number of hydrogen-bond donors (Lipinski definition) is 0. The van der Waals surface area contributed by atoms with Gasteiger partial charge >= 0.3 is 0 Å². The molecule has 0 amide bonds. The van der Waals surface area contributed by atoms with Crippen LogP contribution in [0.3, 0.4) is 0 Å². The number of ether oxygens (including phenoxy) is 1. The lowest BCUT2D eigenvalue weighted by atomic mass is 10.1. The largest absolute Gasteiger partial charge is 0.381 e. The first-order valence-electron chi connectivity index (χ1n) is 6.92. The second kappa shape index (κ2) is 5.14. The van der Waals surface area contributed by atoms with Crippen LogP contribution in [0.15, 0.2) is 47.2 Å². The molecule has 6 nitrogen and oxygen atoms in total. The predicted molar refractivity (Wildman–Crippen MR) is 75.0 cm³/mol. The monoisotopic (exact) mass is 282 g/mol. The normalized spacial score (nSPS) is 18.2. The van der Waals surface area contributed by atoms with Crippen molar-refractivity contribution < 1.29 is 9.26 Å². The zero-order chi connectivity index (χ0) is 14.1. The van der Waals surface area contributed by atoms with E-state index in [4.69, 9.17) is 9.26 Å². The maximum Gasteiger partial charge on any atom is 0.257 e. The predicted octanol–water partition coefficient (Wildman–Crippen LogP) is 2.43. The molecule has 1 saturated heterocycles. The smallest absolute Gasteiger partial charge is 0.257 e. The molecule has 1 aliphatic heterocycles. The summed E-state index contributed by atoms with van der Waals surface area (Å²) in [7, 11) is 0. The molecule has 1 fully saturated rings.